The van der Waals surface area contributed by atoms with Gasteiger partial charge in [0.1, 0.15) is 16.1 Å². The number of phenols is 1. The third kappa shape index (κ3) is 3.22. The summed E-state index contributed by atoms with van der Waals surface area (Å²) in [5.74, 6) is 0.853. The monoisotopic (exact) mass is 336 g/mol. The van der Waals surface area contributed by atoms with Crippen molar-refractivity contribution in [2.45, 2.75) is 19.9 Å². The van der Waals surface area contributed by atoms with Crippen LogP contribution < -0.4 is 10.1 Å². The van der Waals surface area contributed by atoms with Gasteiger partial charge in [-0.15, -0.1) is 0 Å². The molecule has 1 aromatic carbocycles. The fourth-order valence-electron chi connectivity index (χ4n) is 1.98. The van der Waals surface area contributed by atoms with Crippen molar-refractivity contribution in [2.75, 3.05) is 12.4 Å². The molecule has 1 atom stereocenters. The van der Waals surface area contributed by atoms with E-state index in [1.54, 1.807) is 19.4 Å². The Morgan fingerprint density at radius 1 is 1.35 bits per heavy atom. The molecule has 0 saturated heterocycles. The second-order valence-corrected chi connectivity index (χ2v) is 5.37. The highest BCUT2D eigenvalue weighted by atomic mass is 79.9. The van der Waals surface area contributed by atoms with Gasteiger partial charge in [0.05, 0.1) is 25.0 Å². The molecule has 20 heavy (non-hydrogen) atoms. The van der Waals surface area contributed by atoms with E-state index in [2.05, 4.69) is 26.2 Å². The first-order valence-corrected chi connectivity index (χ1v) is 7.06. The minimum absolute atomic E-state index is 0.0386. The number of anilines is 1. The summed E-state index contributed by atoms with van der Waals surface area (Å²) in [7, 11) is 1.58. The number of ether oxygens (including phenoxy) is 1. The summed E-state index contributed by atoms with van der Waals surface area (Å²) in [5, 5.41) is 13.3. The lowest BCUT2D eigenvalue weighted by molar-refractivity contribution is 0.406. The second kappa shape index (κ2) is 6.13. The first-order chi connectivity index (χ1) is 9.51. The summed E-state index contributed by atoms with van der Waals surface area (Å²) in [6.07, 6.45) is 1.76. The number of methoxy groups -OCH3 is 1. The van der Waals surface area contributed by atoms with Crippen LogP contribution in [0.5, 0.6) is 11.5 Å². The molecule has 1 heterocycles. The van der Waals surface area contributed by atoms with Crippen molar-refractivity contribution < 1.29 is 9.84 Å². The number of halogens is 1. The molecule has 2 rings (SSSR count). The quantitative estimate of drug-likeness (QED) is 0.827. The Hall–Kier alpha value is -1.75. The molecule has 1 unspecified atom stereocenters. The third-order valence-corrected chi connectivity index (χ3v) is 3.93. The van der Waals surface area contributed by atoms with Crippen LogP contribution in [0.1, 0.15) is 24.1 Å². The van der Waals surface area contributed by atoms with Crippen molar-refractivity contribution >= 4 is 21.6 Å². The van der Waals surface area contributed by atoms with E-state index in [0.717, 1.165) is 21.4 Å². The number of nitrogens with one attached hydrogen (secondary N) is 1. The molecule has 5 heteroatoms. The van der Waals surface area contributed by atoms with Crippen molar-refractivity contribution in [3.8, 4) is 11.5 Å². The molecule has 2 aromatic rings. The van der Waals surface area contributed by atoms with E-state index in [1.807, 2.05) is 32.0 Å². The SMILES string of the molecule is COc1ccc(C(C)Nc2cnc(Br)c(C)c2)c(O)c1. The van der Waals surface area contributed by atoms with Crippen molar-refractivity contribution in [3.63, 3.8) is 0 Å². The van der Waals surface area contributed by atoms with Crippen molar-refractivity contribution in [1.29, 1.82) is 0 Å². The van der Waals surface area contributed by atoms with E-state index in [0.29, 0.717) is 5.75 Å². The number of aromatic nitrogens is 1. The molecule has 0 saturated carbocycles. The molecule has 106 valence electrons. The third-order valence-electron chi connectivity index (χ3n) is 3.10. The van der Waals surface area contributed by atoms with E-state index >= 15 is 0 Å². The van der Waals surface area contributed by atoms with Gasteiger partial charge in [-0.25, -0.2) is 4.98 Å². The number of phenolic OH excluding ortho intramolecular Hbond substituents is 1. The molecule has 0 amide bonds. The second-order valence-electron chi connectivity index (χ2n) is 4.62. The number of hydrogen-bond donors (Lipinski definition) is 2. The number of aryl methyl sites for hydroxylation is 1. The van der Waals surface area contributed by atoms with Crippen molar-refractivity contribution in [1.82, 2.24) is 4.98 Å². The first kappa shape index (κ1) is 14.7. The van der Waals surface area contributed by atoms with Gasteiger partial charge in [0.25, 0.3) is 0 Å². The van der Waals surface area contributed by atoms with Crippen LogP contribution in [0.2, 0.25) is 0 Å². The van der Waals surface area contributed by atoms with Gasteiger partial charge >= 0.3 is 0 Å². The van der Waals surface area contributed by atoms with E-state index in [1.165, 1.54) is 0 Å². The zero-order valence-corrected chi connectivity index (χ0v) is 13.2. The van der Waals surface area contributed by atoms with Crippen LogP contribution in [-0.2, 0) is 0 Å². The highest BCUT2D eigenvalue weighted by Crippen LogP contribution is 2.30. The lowest BCUT2D eigenvalue weighted by Crippen LogP contribution is -2.07. The first-order valence-electron chi connectivity index (χ1n) is 6.27. The maximum atomic E-state index is 10.0. The lowest BCUT2D eigenvalue weighted by atomic mass is 10.1. The van der Waals surface area contributed by atoms with Crippen LogP contribution >= 0.6 is 15.9 Å². The maximum absolute atomic E-state index is 10.0. The molecular weight excluding hydrogens is 320 g/mol. The predicted molar refractivity (Wildman–Crippen MR) is 83.4 cm³/mol. The fourth-order valence-corrected chi connectivity index (χ4v) is 2.20. The molecule has 0 aliphatic heterocycles. The van der Waals surface area contributed by atoms with Gasteiger partial charge in [0.2, 0.25) is 0 Å². The lowest BCUT2D eigenvalue weighted by Gasteiger charge is -2.17. The molecule has 0 aliphatic rings. The van der Waals surface area contributed by atoms with E-state index in [-0.39, 0.29) is 11.8 Å². The number of nitrogens with zero attached hydrogens (tertiary/aromatic N) is 1. The summed E-state index contributed by atoms with van der Waals surface area (Å²) in [4.78, 5) is 4.25. The van der Waals surface area contributed by atoms with Gasteiger partial charge in [0, 0.05) is 11.6 Å². The Kier molecular flexibility index (Phi) is 4.49. The zero-order valence-electron chi connectivity index (χ0n) is 11.6. The minimum Gasteiger partial charge on any atom is -0.507 e. The van der Waals surface area contributed by atoms with Gasteiger partial charge in [-0.2, -0.15) is 0 Å². The fraction of sp³-hybridized carbons (Fsp3) is 0.267. The maximum Gasteiger partial charge on any atom is 0.124 e. The molecule has 0 aliphatic carbocycles. The Labute approximate surface area is 126 Å². The Morgan fingerprint density at radius 2 is 2.10 bits per heavy atom. The predicted octanol–water partition coefficient (Wildman–Crippen LogP) is 4.04. The van der Waals surface area contributed by atoms with Gasteiger partial charge in [-0.3, -0.25) is 0 Å². The summed E-state index contributed by atoms with van der Waals surface area (Å²) in [6, 6.07) is 7.26. The Morgan fingerprint density at radius 3 is 2.70 bits per heavy atom. The van der Waals surface area contributed by atoms with E-state index in [4.69, 9.17) is 4.74 Å². The number of pyridine rings is 1. The molecule has 0 radical (unpaired) electrons. The average molecular weight is 337 g/mol. The highest BCUT2D eigenvalue weighted by molar-refractivity contribution is 9.10. The van der Waals surface area contributed by atoms with Crippen LogP contribution in [0, 0.1) is 6.92 Å². The zero-order chi connectivity index (χ0) is 14.7. The topological polar surface area (TPSA) is 54.4 Å². The van der Waals surface area contributed by atoms with Crippen molar-refractivity contribution in [2.24, 2.45) is 0 Å². The molecule has 2 N–H and O–H groups in total. The summed E-state index contributed by atoms with van der Waals surface area (Å²) in [6.45, 7) is 3.97. The van der Waals surface area contributed by atoms with Crippen LogP contribution in [0.3, 0.4) is 0 Å². The number of benzene rings is 1. The Balaban J connectivity index is 2.19. The minimum atomic E-state index is -0.0386. The van der Waals surface area contributed by atoms with Crippen LogP contribution in [0.4, 0.5) is 5.69 Å². The van der Waals surface area contributed by atoms with Crippen LogP contribution in [-0.4, -0.2) is 17.2 Å². The molecule has 1 aromatic heterocycles. The van der Waals surface area contributed by atoms with E-state index < -0.39 is 0 Å². The van der Waals surface area contributed by atoms with Gasteiger partial charge in [-0.05, 0) is 53.5 Å². The van der Waals surface area contributed by atoms with Gasteiger partial charge < -0.3 is 15.2 Å². The smallest absolute Gasteiger partial charge is 0.124 e. The molecule has 0 spiro atoms. The van der Waals surface area contributed by atoms with Crippen LogP contribution in [0.15, 0.2) is 35.1 Å². The summed E-state index contributed by atoms with van der Waals surface area (Å²) in [5.41, 5.74) is 2.78. The van der Waals surface area contributed by atoms with Crippen molar-refractivity contribution in [3.05, 3.63) is 46.2 Å². The molecule has 0 bridgehead atoms. The number of rotatable bonds is 4. The standard InChI is InChI=1S/C15H17BrN2O2/c1-9-6-11(8-17-15(9)16)18-10(2)13-5-4-12(20-3)7-14(13)19/h4-8,10,18-19H,1-3H3. The molecule has 0 fully saturated rings. The average Bonchev–Trinajstić information content (AvgIpc) is 2.42. The number of aromatic hydroxyl groups is 1. The van der Waals surface area contributed by atoms with Gasteiger partial charge in [0.15, 0.2) is 0 Å². The molecular formula is C15H17BrN2O2. The summed E-state index contributed by atoms with van der Waals surface area (Å²) >= 11 is 3.38. The van der Waals surface area contributed by atoms with Gasteiger partial charge in [-0.1, -0.05) is 0 Å². The van der Waals surface area contributed by atoms with Crippen LogP contribution in [0.25, 0.3) is 0 Å². The highest BCUT2D eigenvalue weighted by Gasteiger charge is 2.11. The largest absolute Gasteiger partial charge is 0.507 e. The van der Waals surface area contributed by atoms with E-state index in [9.17, 15) is 5.11 Å². The normalized spacial score (nSPS) is 12.0. The molecule has 4 nitrogen and oxygen atoms in total. The number of hydrogen-bond acceptors (Lipinski definition) is 4. The Bertz CT molecular complexity index is 617. The summed E-state index contributed by atoms with van der Waals surface area (Å²) < 4.78 is 5.92.